The molecule has 0 aliphatic carbocycles. The number of hydrogen-bond donors (Lipinski definition) is 0. The molecule has 0 radical (unpaired) electrons. The molecule has 3 aromatic rings. The van der Waals surface area contributed by atoms with E-state index < -0.39 is 6.10 Å². The van der Waals surface area contributed by atoms with Gasteiger partial charge >= 0.3 is 0 Å². The maximum atomic E-state index is 12.9. The van der Waals surface area contributed by atoms with Crippen molar-refractivity contribution >= 4 is 22.6 Å². The lowest BCUT2D eigenvalue weighted by atomic mass is 10.0. The molecule has 6 heteroatoms. The lowest BCUT2D eigenvalue weighted by Gasteiger charge is -2.37. The minimum absolute atomic E-state index is 0.0874. The lowest BCUT2D eigenvalue weighted by Crippen LogP contribution is -2.55. The smallest absolute Gasteiger partial charge is 0.267 e. The predicted octanol–water partition coefficient (Wildman–Crippen LogP) is 2.89. The zero-order chi connectivity index (χ0) is 21.2. The number of hydrogen-bond acceptors (Lipinski definition) is 4. The van der Waals surface area contributed by atoms with Gasteiger partial charge in [-0.15, -0.1) is 0 Å². The Labute approximate surface area is 181 Å². The average Bonchev–Trinajstić information content (AvgIpc) is 2.83. The zero-order valence-electron chi connectivity index (χ0n) is 17.2. The van der Waals surface area contributed by atoms with Crippen molar-refractivity contribution in [1.29, 1.82) is 0 Å². The van der Waals surface area contributed by atoms with E-state index in [4.69, 9.17) is 9.47 Å². The zero-order valence-corrected chi connectivity index (χ0v) is 17.2. The van der Waals surface area contributed by atoms with Gasteiger partial charge in [0.2, 0.25) is 12.0 Å². The van der Waals surface area contributed by atoms with Gasteiger partial charge in [0.05, 0.1) is 6.42 Å². The van der Waals surface area contributed by atoms with Crippen molar-refractivity contribution in [2.75, 3.05) is 32.8 Å². The molecule has 5 rings (SSSR count). The summed E-state index contributed by atoms with van der Waals surface area (Å²) in [5.74, 6) is 1.26. The highest BCUT2D eigenvalue weighted by Crippen LogP contribution is 2.31. The average molecular weight is 416 g/mol. The molecule has 0 bridgehead atoms. The third-order valence-corrected chi connectivity index (χ3v) is 5.95. The van der Waals surface area contributed by atoms with Crippen molar-refractivity contribution in [1.82, 2.24) is 9.80 Å². The van der Waals surface area contributed by atoms with Crippen LogP contribution < -0.4 is 9.47 Å². The van der Waals surface area contributed by atoms with Crippen LogP contribution in [-0.2, 0) is 16.0 Å². The van der Waals surface area contributed by atoms with Gasteiger partial charge in [-0.05, 0) is 28.5 Å². The third-order valence-electron chi connectivity index (χ3n) is 5.95. The molecule has 0 unspecified atom stereocenters. The number of amides is 2. The Hall–Kier alpha value is -3.54. The molecule has 6 nitrogen and oxygen atoms in total. The van der Waals surface area contributed by atoms with Gasteiger partial charge in [0, 0.05) is 26.2 Å². The number of benzene rings is 3. The fourth-order valence-electron chi connectivity index (χ4n) is 4.24. The van der Waals surface area contributed by atoms with Crippen LogP contribution in [0.5, 0.6) is 11.5 Å². The largest absolute Gasteiger partial charge is 0.485 e. The summed E-state index contributed by atoms with van der Waals surface area (Å²) in [4.78, 5) is 29.4. The molecule has 1 saturated heterocycles. The Morgan fingerprint density at radius 1 is 0.806 bits per heavy atom. The van der Waals surface area contributed by atoms with E-state index in [9.17, 15) is 9.59 Å². The van der Waals surface area contributed by atoms with Gasteiger partial charge in [-0.25, -0.2) is 0 Å². The van der Waals surface area contributed by atoms with Gasteiger partial charge in [-0.3, -0.25) is 9.59 Å². The molecule has 2 aliphatic heterocycles. The Bertz CT molecular complexity index is 1120. The Kier molecular flexibility index (Phi) is 5.20. The van der Waals surface area contributed by atoms with E-state index in [1.54, 1.807) is 11.0 Å². The summed E-state index contributed by atoms with van der Waals surface area (Å²) in [5, 5.41) is 2.25. The Morgan fingerprint density at radius 2 is 1.48 bits per heavy atom. The van der Waals surface area contributed by atoms with Gasteiger partial charge in [0.15, 0.2) is 11.5 Å². The van der Waals surface area contributed by atoms with Gasteiger partial charge in [0.1, 0.15) is 6.61 Å². The van der Waals surface area contributed by atoms with Crippen LogP contribution in [0.15, 0.2) is 66.7 Å². The molecular weight excluding hydrogens is 392 g/mol. The SMILES string of the molecule is O=C(Cc1cccc2ccccc12)N1CCN(C(=O)[C@@H]2COc3ccccc3O2)CC1. The molecule has 0 N–H and O–H groups in total. The maximum absolute atomic E-state index is 12.9. The van der Waals surface area contributed by atoms with E-state index in [-0.39, 0.29) is 18.4 Å². The Morgan fingerprint density at radius 3 is 2.32 bits per heavy atom. The predicted molar refractivity (Wildman–Crippen MR) is 117 cm³/mol. The summed E-state index contributed by atoms with van der Waals surface area (Å²) < 4.78 is 11.5. The molecule has 158 valence electrons. The van der Waals surface area contributed by atoms with Crippen LogP contribution in [0.3, 0.4) is 0 Å². The molecule has 2 amide bonds. The van der Waals surface area contributed by atoms with E-state index in [0.717, 1.165) is 16.3 Å². The summed E-state index contributed by atoms with van der Waals surface area (Å²) >= 11 is 0. The van der Waals surface area contributed by atoms with Crippen LogP contribution in [0.25, 0.3) is 10.8 Å². The highest BCUT2D eigenvalue weighted by Gasteiger charge is 2.33. The fraction of sp³-hybridized carbons (Fsp3) is 0.280. The van der Waals surface area contributed by atoms with Gasteiger partial charge in [-0.2, -0.15) is 0 Å². The number of piperazine rings is 1. The molecule has 1 fully saturated rings. The van der Waals surface area contributed by atoms with E-state index in [1.165, 1.54) is 0 Å². The standard InChI is InChI=1S/C25H24N2O4/c28-24(16-19-8-5-7-18-6-1-2-9-20(18)19)26-12-14-27(15-13-26)25(29)23-17-30-21-10-3-4-11-22(21)31-23/h1-11,23H,12-17H2/t23-/m0/s1. The Balaban J connectivity index is 1.18. The first-order valence-corrected chi connectivity index (χ1v) is 10.6. The molecule has 2 aliphatic rings. The second kappa shape index (κ2) is 8.30. The summed E-state index contributed by atoms with van der Waals surface area (Å²) in [7, 11) is 0. The van der Waals surface area contributed by atoms with Crippen LogP contribution in [0.2, 0.25) is 0 Å². The van der Waals surface area contributed by atoms with Crippen molar-refractivity contribution in [3.63, 3.8) is 0 Å². The molecule has 0 saturated carbocycles. The highest BCUT2D eigenvalue weighted by atomic mass is 16.6. The fourth-order valence-corrected chi connectivity index (χ4v) is 4.24. The number of carbonyl (C=O) groups excluding carboxylic acids is 2. The summed E-state index contributed by atoms with van der Waals surface area (Å²) in [6.07, 6.45) is -0.279. The van der Waals surface area contributed by atoms with Gasteiger partial charge in [0.25, 0.3) is 5.91 Å². The van der Waals surface area contributed by atoms with E-state index >= 15 is 0 Å². The second-order valence-corrected chi connectivity index (χ2v) is 7.89. The maximum Gasteiger partial charge on any atom is 0.267 e. The van der Waals surface area contributed by atoms with Crippen LogP contribution in [0.1, 0.15) is 5.56 Å². The first-order valence-electron chi connectivity index (χ1n) is 10.6. The molecular formula is C25H24N2O4. The first kappa shape index (κ1) is 19.4. The van der Waals surface area contributed by atoms with Gasteiger partial charge in [-0.1, -0.05) is 54.6 Å². The van der Waals surface area contributed by atoms with Crippen molar-refractivity contribution in [3.05, 3.63) is 72.3 Å². The van der Waals surface area contributed by atoms with E-state index in [2.05, 4.69) is 18.2 Å². The third kappa shape index (κ3) is 3.93. The summed E-state index contributed by atoms with van der Waals surface area (Å²) in [6.45, 7) is 2.26. The molecule has 2 heterocycles. The van der Waals surface area contributed by atoms with Gasteiger partial charge < -0.3 is 19.3 Å². The topological polar surface area (TPSA) is 59.1 Å². The number of fused-ring (bicyclic) bond motifs is 2. The minimum atomic E-state index is -0.646. The molecule has 0 spiro atoms. The number of nitrogens with zero attached hydrogens (tertiary/aromatic N) is 2. The minimum Gasteiger partial charge on any atom is -0.485 e. The molecule has 3 aromatic carbocycles. The van der Waals surface area contributed by atoms with Crippen molar-refractivity contribution in [2.45, 2.75) is 12.5 Å². The normalized spacial score (nSPS) is 18.1. The summed E-state index contributed by atoms with van der Waals surface area (Å²) in [5.41, 5.74) is 1.04. The quantitative estimate of drug-likeness (QED) is 0.659. The van der Waals surface area contributed by atoms with Crippen LogP contribution in [-0.4, -0.2) is 60.5 Å². The lowest BCUT2D eigenvalue weighted by molar-refractivity contribution is -0.146. The molecule has 1 atom stereocenters. The monoisotopic (exact) mass is 416 g/mol. The van der Waals surface area contributed by atoms with Crippen molar-refractivity contribution in [3.8, 4) is 11.5 Å². The van der Waals surface area contributed by atoms with E-state index in [0.29, 0.717) is 44.1 Å². The highest BCUT2D eigenvalue weighted by molar-refractivity contribution is 5.90. The molecule has 0 aromatic heterocycles. The van der Waals surface area contributed by atoms with Crippen molar-refractivity contribution in [2.24, 2.45) is 0 Å². The number of carbonyl (C=O) groups is 2. The van der Waals surface area contributed by atoms with Crippen LogP contribution in [0.4, 0.5) is 0 Å². The number of ether oxygens (including phenoxy) is 2. The van der Waals surface area contributed by atoms with Crippen LogP contribution >= 0.6 is 0 Å². The van der Waals surface area contributed by atoms with E-state index in [1.807, 2.05) is 47.4 Å². The number of para-hydroxylation sites is 2. The first-order chi connectivity index (χ1) is 15.2. The van der Waals surface area contributed by atoms with Crippen molar-refractivity contribution < 1.29 is 19.1 Å². The summed E-state index contributed by atoms with van der Waals surface area (Å²) in [6, 6.07) is 21.5. The second-order valence-electron chi connectivity index (χ2n) is 7.89. The number of rotatable bonds is 3. The van der Waals surface area contributed by atoms with Crippen LogP contribution in [0, 0.1) is 0 Å². The molecule has 31 heavy (non-hydrogen) atoms.